The Hall–Kier alpha value is -1.52. The largest absolute Gasteiger partial charge is 0.497 e. The summed E-state index contributed by atoms with van der Waals surface area (Å²) in [6.45, 7) is 2.91. The standard InChI is InChI=1S/C17H20BrNO2/c1-12(14-4-6-15(18)7-5-14)19-11-13-8-16(20-2)10-17(9-13)21-3/h4-10,12,19H,11H2,1-3H3/t12-/m0/s1. The highest BCUT2D eigenvalue weighted by Crippen LogP contribution is 2.23. The second-order valence-corrected chi connectivity index (χ2v) is 5.79. The van der Waals surface area contributed by atoms with Crippen LogP contribution in [0.5, 0.6) is 11.5 Å². The number of halogens is 1. The molecule has 21 heavy (non-hydrogen) atoms. The first-order valence-electron chi connectivity index (χ1n) is 6.83. The van der Waals surface area contributed by atoms with Crippen LogP contribution in [0.2, 0.25) is 0 Å². The van der Waals surface area contributed by atoms with Gasteiger partial charge in [0.05, 0.1) is 14.2 Å². The van der Waals surface area contributed by atoms with Gasteiger partial charge in [-0.25, -0.2) is 0 Å². The highest BCUT2D eigenvalue weighted by molar-refractivity contribution is 9.10. The van der Waals surface area contributed by atoms with Crippen LogP contribution in [0.1, 0.15) is 24.1 Å². The molecule has 0 heterocycles. The minimum Gasteiger partial charge on any atom is -0.497 e. The third-order valence-corrected chi connectivity index (χ3v) is 3.92. The topological polar surface area (TPSA) is 30.5 Å². The minimum absolute atomic E-state index is 0.273. The molecular weight excluding hydrogens is 330 g/mol. The maximum absolute atomic E-state index is 5.29. The van der Waals surface area contributed by atoms with E-state index in [1.807, 2.05) is 18.2 Å². The Labute approximate surface area is 134 Å². The Morgan fingerprint density at radius 3 is 2.10 bits per heavy atom. The van der Waals surface area contributed by atoms with Gasteiger partial charge in [-0.2, -0.15) is 0 Å². The van der Waals surface area contributed by atoms with Gasteiger partial charge in [0.15, 0.2) is 0 Å². The van der Waals surface area contributed by atoms with E-state index in [-0.39, 0.29) is 6.04 Å². The van der Waals surface area contributed by atoms with Crippen molar-refractivity contribution in [1.29, 1.82) is 0 Å². The number of methoxy groups -OCH3 is 2. The minimum atomic E-state index is 0.273. The SMILES string of the molecule is COc1cc(CN[C@@H](C)c2ccc(Br)cc2)cc(OC)c1. The molecule has 0 amide bonds. The van der Waals surface area contributed by atoms with Crippen LogP contribution < -0.4 is 14.8 Å². The van der Waals surface area contributed by atoms with Gasteiger partial charge in [-0.3, -0.25) is 0 Å². The van der Waals surface area contributed by atoms with Crippen LogP contribution in [-0.2, 0) is 6.54 Å². The van der Waals surface area contributed by atoms with Crippen LogP contribution in [0.4, 0.5) is 0 Å². The molecule has 2 aromatic rings. The van der Waals surface area contributed by atoms with Crippen molar-refractivity contribution in [2.75, 3.05) is 14.2 Å². The third-order valence-electron chi connectivity index (χ3n) is 3.39. The molecule has 0 aliphatic rings. The van der Waals surface area contributed by atoms with Crippen LogP contribution in [0, 0.1) is 0 Å². The zero-order chi connectivity index (χ0) is 15.2. The number of ether oxygens (including phenoxy) is 2. The Kier molecular flexibility index (Phi) is 5.65. The van der Waals surface area contributed by atoms with Crippen LogP contribution in [-0.4, -0.2) is 14.2 Å². The summed E-state index contributed by atoms with van der Waals surface area (Å²) >= 11 is 3.45. The van der Waals surface area contributed by atoms with E-state index in [0.29, 0.717) is 0 Å². The van der Waals surface area contributed by atoms with Gasteiger partial charge in [0.1, 0.15) is 11.5 Å². The maximum Gasteiger partial charge on any atom is 0.122 e. The number of benzene rings is 2. The van der Waals surface area contributed by atoms with Gasteiger partial charge in [-0.1, -0.05) is 28.1 Å². The fraction of sp³-hybridized carbons (Fsp3) is 0.294. The first kappa shape index (κ1) is 15.9. The maximum atomic E-state index is 5.29. The Bertz CT molecular complexity index is 562. The summed E-state index contributed by atoms with van der Waals surface area (Å²) in [7, 11) is 3.33. The lowest BCUT2D eigenvalue weighted by molar-refractivity contribution is 0.392. The monoisotopic (exact) mass is 349 g/mol. The summed E-state index contributed by atoms with van der Waals surface area (Å²) in [6, 6.07) is 14.5. The first-order chi connectivity index (χ1) is 10.1. The number of hydrogen-bond donors (Lipinski definition) is 1. The quantitative estimate of drug-likeness (QED) is 0.842. The molecule has 0 saturated heterocycles. The molecule has 0 aliphatic heterocycles. The average Bonchev–Trinajstić information content (AvgIpc) is 2.52. The average molecular weight is 350 g/mol. The molecule has 0 unspecified atom stereocenters. The normalized spacial score (nSPS) is 12.0. The molecule has 112 valence electrons. The summed E-state index contributed by atoms with van der Waals surface area (Å²) in [4.78, 5) is 0. The van der Waals surface area contributed by atoms with Gasteiger partial charge in [-0.05, 0) is 42.3 Å². The van der Waals surface area contributed by atoms with E-state index in [2.05, 4.69) is 52.4 Å². The lowest BCUT2D eigenvalue weighted by atomic mass is 10.1. The second-order valence-electron chi connectivity index (χ2n) is 4.88. The van der Waals surface area contributed by atoms with Crippen LogP contribution in [0.25, 0.3) is 0 Å². The summed E-state index contributed by atoms with van der Waals surface area (Å²) in [5.41, 5.74) is 2.39. The van der Waals surface area contributed by atoms with Crippen molar-refractivity contribution in [3.63, 3.8) is 0 Å². The molecule has 3 nitrogen and oxygen atoms in total. The van der Waals surface area contributed by atoms with Gasteiger partial charge in [0.25, 0.3) is 0 Å². The molecule has 0 fully saturated rings. The van der Waals surface area contributed by atoms with Crippen molar-refractivity contribution in [2.24, 2.45) is 0 Å². The van der Waals surface area contributed by atoms with E-state index in [1.165, 1.54) is 5.56 Å². The molecule has 2 aromatic carbocycles. The highest BCUT2D eigenvalue weighted by atomic mass is 79.9. The zero-order valence-electron chi connectivity index (χ0n) is 12.5. The van der Waals surface area contributed by atoms with Gasteiger partial charge >= 0.3 is 0 Å². The summed E-state index contributed by atoms with van der Waals surface area (Å²) in [5, 5.41) is 3.51. The van der Waals surface area contributed by atoms with Crippen molar-refractivity contribution in [3.05, 3.63) is 58.1 Å². The molecule has 0 aliphatic carbocycles. The van der Waals surface area contributed by atoms with Gasteiger partial charge < -0.3 is 14.8 Å². The number of hydrogen-bond acceptors (Lipinski definition) is 3. The predicted molar refractivity (Wildman–Crippen MR) is 88.9 cm³/mol. The van der Waals surface area contributed by atoms with E-state index in [4.69, 9.17) is 9.47 Å². The molecule has 0 aromatic heterocycles. The highest BCUT2D eigenvalue weighted by Gasteiger charge is 2.06. The van der Waals surface area contributed by atoms with Crippen molar-refractivity contribution >= 4 is 15.9 Å². The van der Waals surface area contributed by atoms with E-state index in [9.17, 15) is 0 Å². The summed E-state index contributed by atoms with van der Waals surface area (Å²) < 4.78 is 11.7. The molecule has 0 bridgehead atoms. The van der Waals surface area contributed by atoms with Crippen molar-refractivity contribution < 1.29 is 9.47 Å². The van der Waals surface area contributed by atoms with Crippen LogP contribution >= 0.6 is 15.9 Å². The van der Waals surface area contributed by atoms with Crippen molar-refractivity contribution in [1.82, 2.24) is 5.32 Å². The zero-order valence-corrected chi connectivity index (χ0v) is 14.1. The first-order valence-corrected chi connectivity index (χ1v) is 7.62. The van der Waals surface area contributed by atoms with E-state index >= 15 is 0 Å². The molecule has 2 rings (SSSR count). The lowest BCUT2D eigenvalue weighted by Crippen LogP contribution is -2.18. The lowest BCUT2D eigenvalue weighted by Gasteiger charge is -2.15. The van der Waals surface area contributed by atoms with Crippen LogP contribution in [0.3, 0.4) is 0 Å². The predicted octanol–water partition coefficient (Wildman–Crippen LogP) is 4.32. The molecular formula is C17H20BrNO2. The molecule has 1 N–H and O–H groups in total. The Morgan fingerprint density at radius 1 is 1.00 bits per heavy atom. The van der Waals surface area contributed by atoms with Gasteiger partial charge in [-0.15, -0.1) is 0 Å². The summed E-state index contributed by atoms with van der Waals surface area (Å²) in [6.07, 6.45) is 0. The fourth-order valence-electron chi connectivity index (χ4n) is 2.11. The molecule has 1 atom stereocenters. The molecule has 4 heteroatoms. The Balaban J connectivity index is 2.03. The molecule has 0 spiro atoms. The van der Waals surface area contributed by atoms with Crippen LogP contribution in [0.15, 0.2) is 46.9 Å². The van der Waals surface area contributed by atoms with Gasteiger partial charge in [0, 0.05) is 23.1 Å². The van der Waals surface area contributed by atoms with Crippen molar-refractivity contribution in [2.45, 2.75) is 19.5 Å². The fourth-order valence-corrected chi connectivity index (χ4v) is 2.37. The van der Waals surface area contributed by atoms with Gasteiger partial charge in [0.2, 0.25) is 0 Å². The summed E-state index contributed by atoms with van der Waals surface area (Å²) in [5.74, 6) is 1.62. The Morgan fingerprint density at radius 2 is 1.57 bits per heavy atom. The van der Waals surface area contributed by atoms with E-state index in [1.54, 1.807) is 14.2 Å². The smallest absolute Gasteiger partial charge is 0.122 e. The van der Waals surface area contributed by atoms with Crippen molar-refractivity contribution in [3.8, 4) is 11.5 Å². The third kappa shape index (κ3) is 4.48. The number of rotatable bonds is 6. The van der Waals surface area contributed by atoms with E-state index in [0.717, 1.165) is 28.1 Å². The number of nitrogens with one attached hydrogen (secondary N) is 1. The second kappa shape index (κ2) is 7.48. The molecule has 0 radical (unpaired) electrons. The van der Waals surface area contributed by atoms with E-state index < -0.39 is 0 Å². The molecule has 0 saturated carbocycles.